The molecule has 0 amide bonds. The average molecular weight is 326 g/mol. The predicted octanol–water partition coefficient (Wildman–Crippen LogP) is 4.92. The summed E-state index contributed by atoms with van der Waals surface area (Å²) in [5.74, 6) is 1.49. The fourth-order valence-corrected chi connectivity index (χ4v) is 3.63. The van der Waals surface area contributed by atoms with E-state index < -0.39 is 0 Å². The van der Waals surface area contributed by atoms with Gasteiger partial charge in [0.05, 0.1) is 13.7 Å². The summed E-state index contributed by atoms with van der Waals surface area (Å²) in [6.45, 7) is 4.45. The van der Waals surface area contributed by atoms with Crippen LogP contribution in [0.2, 0.25) is 0 Å². The number of carbonyl (C=O) groups excluding carboxylic acids is 1. The molecule has 128 valence electrons. The van der Waals surface area contributed by atoms with Gasteiger partial charge in [-0.05, 0) is 72.6 Å². The summed E-state index contributed by atoms with van der Waals surface area (Å²) in [7, 11) is 1.74. The fraction of sp³-hybridized carbons (Fsp3) is 0.476. The van der Waals surface area contributed by atoms with Crippen LogP contribution in [-0.4, -0.2) is 19.7 Å². The molecule has 0 radical (unpaired) electrons. The van der Waals surface area contributed by atoms with Gasteiger partial charge in [0.15, 0.2) is 0 Å². The topological polar surface area (TPSA) is 35.5 Å². The van der Waals surface area contributed by atoms with Crippen LogP contribution in [0.15, 0.2) is 24.3 Å². The van der Waals surface area contributed by atoms with Crippen molar-refractivity contribution in [2.24, 2.45) is 0 Å². The molecule has 1 aliphatic carbocycles. The van der Waals surface area contributed by atoms with Crippen molar-refractivity contribution < 1.29 is 14.3 Å². The van der Waals surface area contributed by atoms with E-state index in [0.29, 0.717) is 25.4 Å². The number of fused-ring (bicyclic) bond motifs is 1. The minimum Gasteiger partial charge on any atom is -0.496 e. The maximum Gasteiger partial charge on any atom is 0.306 e. The Morgan fingerprint density at radius 3 is 2.67 bits per heavy atom. The molecule has 0 unspecified atom stereocenters. The summed E-state index contributed by atoms with van der Waals surface area (Å²) in [4.78, 5) is 11.6. The highest BCUT2D eigenvalue weighted by atomic mass is 16.5. The first kappa shape index (κ1) is 16.8. The smallest absolute Gasteiger partial charge is 0.306 e. The van der Waals surface area contributed by atoms with Gasteiger partial charge in [-0.2, -0.15) is 0 Å². The molecule has 1 fully saturated rings. The average Bonchev–Trinajstić information content (AvgIpc) is 2.53. The van der Waals surface area contributed by atoms with Crippen LogP contribution < -0.4 is 4.74 Å². The number of ether oxygens (including phenoxy) is 2. The number of hydrogen-bond acceptors (Lipinski definition) is 3. The maximum absolute atomic E-state index is 11.6. The van der Waals surface area contributed by atoms with Crippen LogP contribution in [0.4, 0.5) is 0 Å². The second kappa shape index (κ2) is 7.25. The molecule has 2 aromatic carbocycles. The molecule has 0 saturated heterocycles. The molecular formula is C21H26O3. The standard InChI is InChI=1S/C21H26O3/c1-4-24-20(22)11-9-15-8-10-18-17(12-15)13-19(23-3)14(2)21(18)16-6-5-7-16/h8,10,12-13,16H,4-7,9,11H2,1-3H3. The quantitative estimate of drug-likeness (QED) is 0.707. The maximum atomic E-state index is 11.6. The minimum atomic E-state index is -0.130. The van der Waals surface area contributed by atoms with Crippen molar-refractivity contribution >= 4 is 16.7 Å². The van der Waals surface area contributed by atoms with E-state index in [0.717, 1.165) is 5.75 Å². The largest absolute Gasteiger partial charge is 0.496 e. The lowest BCUT2D eigenvalue weighted by Crippen LogP contribution is -2.11. The Kier molecular flexibility index (Phi) is 5.08. The molecule has 0 atom stereocenters. The number of carbonyl (C=O) groups is 1. The first-order valence-electron chi connectivity index (χ1n) is 8.89. The van der Waals surface area contributed by atoms with E-state index in [-0.39, 0.29) is 5.97 Å². The van der Waals surface area contributed by atoms with Gasteiger partial charge in [0.1, 0.15) is 5.75 Å². The molecule has 0 aliphatic heterocycles. The zero-order valence-corrected chi connectivity index (χ0v) is 14.9. The number of benzene rings is 2. The van der Waals surface area contributed by atoms with Crippen molar-refractivity contribution in [2.45, 2.75) is 51.9 Å². The number of aryl methyl sites for hydroxylation is 1. The van der Waals surface area contributed by atoms with Gasteiger partial charge in [-0.3, -0.25) is 4.79 Å². The van der Waals surface area contributed by atoms with E-state index in [2.05, 4.69) is 31.2 Å². The normalized spacial score (nSPS) is 14.5. The lowest BCUT2D eigenvalue weighted by Gasteiger charge is -2.29. The zero-order valence-electron chi connectivity index (χ0n) is 14.9. The third-order valence-electron chi connectivity index (χ3n) is 5.12. The van der Waals surface area contributed by atoms with Crippen molar-refractivity contribution in [2.75, 3.05) is 13.7 Å². The lowest BCUT2D eigenvalue weighted by atomic mass is 9.76. The Hall–Kier alpha value is -2.03. The third kappa shape index (κ3) is 3.26. The van der Waals surface area contributed by atoms with E-state index in [4.69, 9.17) is 9.47 Å². The van der Waals surface area contributed by atoms with Crippen LogP contribution >= 0.6 is 0 Å². The molecule has 0 N–H and O–H groups in total. The van der Waals surface area contributed by atoms with Gasteiger partial charge in [-0.15, -0.1) is 0 Å². The summed E-state index contributed by atoms with van der Waals surface area (Å²) in [5, 5.41) is 2.54. The molecule has 2 aromatic rings. The van der Waals surface area contributed by atoms with E-state index in [1.807, 2.05) is 6.92 Å². The van der Waals surface area contributed by atoms with Crippen LogP contribution in [0, 0.1) is 6.92 Å². The second-order valence-corrected chi connectivity index (χ2v) is 6.61. The summed E-state index contributed by atoms with van der Waals surface area (Å²) >= 11 is 0. The molecular weight excluding hydrogens is 300 g/mol. The van der Waals surface area contributed by atoms with Gasteiger partial charge in [0.2, 0.25) is 0 Å². The van der Waals surface area contributed by atoms with E-state index in [1.165, 1.54) is 46.7 Å². The van der Waals surface area contributed by atoms with Crippen LogP contribution in [0.3, 0.4) is 0 Å². The Morgan fingerprint density at radius 1 is 1.25 bits per heavy atom. The predicted molar refractivity (Wildman–Crippen MR) is 96.8 cm³/mol. The van der Waals surface area contributed by atoms with Crippen molar-refractivity contribution in [3.05, 3.63) is 41.0 Å². The molecule has 0 aromatic heterocycles. The van der Waals surface area contributed by atoms with E-state index >= 15 is 0 Å². The minimum absolute atomic E-state index is 0.130. The highest BCUT2D eigenvalue weighted by Crippen LogP contribution is 2.44. The van der Waals surface area contributed by atoms with E-state index in [1.54, 1.807) is 7.11 Å². The molecule has 24 heavy (non-hydrogen) atoms. The molecule has 1 saturated carbocycles. The van der Waals surface area contributed by atoms with Crippen LogP contribution in [0.5, 0.6) is 5.75 Å². The third-order valence-corrected chi connectivity index (χ3v) is 5.12. The molecule has 1 aliphatic rings. The van der Waals surface area contributed by atoms with Gasteiger partial charge in [-0.1, -0.05) is 24.6 Å². The van der Waals surface area contributed by atoms with Crippen molar-refractivity contribution in [3.63, 3.8) is 0 Å². The van der Waals surface area contributed by atoms with Crippen LogP contribution in [0.25, 0.3) is 10.8 Å². The lowest BCUT2D eigenvalue weighted by molar-refractivity contribution is -0.143. The highest BCUT2D eigenvalue weighted by Gasteiger charge is 2.25. The Balaban J connectivity index is 1.94. The van der Waals surface area contributed by atoms with Crippen LogP contribution in [-0.2, 0) is 16.0 Å². The van der Waals surface area contributed by atoms with Crippen LogP contribution in [0.1, 0.15) is 55.2 Å². The molecule has 3 rings (SSSR count). The Labute approximate surface area is 144 Å². The van der Waals surface area contributed by atoms with Crippen molar-refractivity contribution in [1.29, 1.82) is 0 Å². The molecule has 3 nitrogen and oxygen atoms in total. The van der Waals surface area contributed by atoms with Crippen molar-refractivity contribution in [1.82, 2.24) is 0 Å². The molecule has 0 spiro atoms. The zero-order chi connectivity index (χ0) is 17.1. The summed E-state index contributed by atoms with van der Waals surface area (Å²) in [6, 6.07) is 8.69. The van der Waals surface area contributed by atoms with Gasteiger partial charge >= 0.3 is 5.97 Å². The summed E-state index contributed by atoms with van der Waals surface area (Å²) in [5.41, 5.74) is 3.89. The molecule has 3 heteroatoms. The summed E-state index contributed by atoms with van der Waals surface area (Å²) in [6.07, 6.45) is 5.00. The van der Waals surface area contributed by atoms with E-state index in [9.17, 15) is 4.79 Å². The molecule has 0 bridgehead atoms. The second-order valence-electron chi connectivity index (χ2n) is 6.61. The summed E-state index contributed by atoms with van der Waals surface area (Å²) < 4.78 is 10.6. The number of methoxy groups -OCH3 is 1. The number of hydrogen-bond donors (Lipinski definition) is 0. The first-order valence-corrected chi connectivity index (χ1v) is 8.89. The van der Waals surface area contributed by atoms with Gasteiger partial charge < -0.3 is 9.47 Å². The Bertz CT molecular complexity index is 744. The first-order chi connectivity index (χ1) is 11.6. The van der Waals surface area contributed by atoms with Gasteiger partial charge in [0.25, 0.3) is 0 Å². The Morgan fingerprint density at radius 2 is 2.04 bits per heavy atom. The monoisotopic (exact) mass is 326 g/mol. The van der Waals surface area contributed by atoms with Gasteiger partial charge in [-0.25, -0.2) is 0 Å². The van der Waals surface area contributed by atoms with Gasteiger partial charge in [0, 0.05) is 6.42 Å². The fourth-order valence-electron chi connectivity index (χ4n) is 3.63. The van der Waals surface area contributed by atoms with Crippen molar-refractivity contribution in [3.8, 4) is 5.75 Å². The highest BCUT2D eigenvalue weighted by molar-refractivity contribution is 5.90. The number of esters is 1. The molecule has 0 heterocycles. The number of rotatable bonds is 6. The SMILES string of the molecule is CCOC(=O)CCc1ccc2c(C3CCC3)c(C)c(OC)cc2c1.